The molecule has 0 saturated heterocycles. The molecule has 0 aliphatic carbocycles. The summed E-state index contributed by atoms with van der Waals surface area (Å²) in [7, 11) is 2.36. The minimum Gasteiger partial charge on any atom is -0.466 e. The maximum absolute atomic E-state index is 10.8. The quantitative estimate of drug-likeness (QED) is 0.239. The second kappa shape index (κ2) is 5.14. The van der Waals surface area contributed by atoms with Crippen LogP contribution in [0.1, 0.15) is 0 Å². The van der Waals surface area contributed by atoms with Crippen LogP contribution >= 0.6 is 0 Å². The van der Waals surface area contributed by atoms with E-state index in [-0.39, 0.29) is 5.70 Å². The fourth-order valence-electron chi connectivity index (χ4n) is 0.446. The minimum atomic E-state index is -0.733. The lowest BCUT2D eigenvalue weighted by Crippen LogP contribution is -2.28. The molecule has 0 fully saturated rings. The van der Waals surface area contributed by atoms with Crippen LogP contribution in [0, 0.1) is 0 Å². The first kappa shape index (κ1) is 10.4. The molecule has 0 spiro atoms. The van der Waals surface area contributed by atoms with Gasteiger partial charge in [0.05, 0.1) is 20.3 Å². The van der Waals surface area contributed by atoms with Gasteiger partial charge >= 0.3 is 11.9 Å². The van der Waals surface area contributed by atoms with Gasteiger partial charge in [0.15, 0.2) is 0 Å². The molecule has 0 unspecified atom stereocenters. The SMILES string of the molecule is COC(=O)C=C(NN)C(=O)OC. The largest absolute Gasteiger partial charge is 0.466 e. The van der Waals surface area contributed by atoms with E-state index in [0.717, 1.165) is 6.08 Å². The second-order valence-electron chi connectivity index (χ2n) is 1.72. The van der Waals surface area contributed by atoms with Crippen LogP contribution < -0.4 is 11.3 Å². The van der Waals surface area contributed by atoms with Crippen molar-refractivity contribution >= 4 is 11.9 Å². The van der Waals surface area contributed by atoms with Gasteiger partial charge in [-0.05, 0) is 0 Å². The van der Waals surface area contributed by atoms with Crippen molar-refractivity contribution < 1.29 is 19.1 Å². The van der Waals surface area contributed by atoms with Gasteiger partial charge in [0.1, 0.15) is 5.70 Å². The number of carbonyl (C=O) groups excluding carboxylic acids is 2. The minimum absolute atomic E-state index is 0.163. The van der Waals surface area contributed by atoms with Crippen molar-refractivity contribution in [2.45, 2.75) is 0 Å². The van der Waals surface area contributed by atoms with E-state index in [4.69, 9.17) is 5.84 Å². The molecule has 0 aromatic carbocycles. The van der Waals surface area contributed by atoms with Crippen LogP contribution in [-0.4, -0.2) is 26.2 Å². The molecule has 0 heterocycles. The zero-order valence-electron chi connectivity index (χ0n) is 6.79. The summed E-state index contributed by atoms with van der Waals surface area (Å²) in [5.41, 5.74) is 1.84. The third-order valence-electron chi connectivity index (χ3n) is 1.02. The molecule has 68 valence electrons. The second-order valence-corrected chi connectivity index (χ2v) is 1.72. The predicted molar refractivity (Wildman–Crippen MR) is 39.4 cm³/mol. The molecular weight excluding hydrogens is 164 g/mol. The Bertz CT molecular complexity index is 212. The van der Waals surface area contributed by atoms with Gasteiger partial charge in [0.2, 0.25) is 0 Å². The Morgan fingerprint density at radius 2 is 1.92 bits per heavy atom. The molecule has 0 aromatic rings. The van der Waals surface area contributed by atoms with Gasteiger partial charge in [-0.15, -0.1) is 0 Å². The van der Waals surface area contributed by atoms with Gasteiger partial charge in [0, 0.05) is 0 Å². The molecule has 3 N–H and O–H groups in total. The number of nitrogens with one attached hydrogen (secondary N) is 1. The lowest BCUT2D eigenvalue weighted by molar-refractivity contribution is -0.138. The third kappa shape index (κ3) is 3.02. The topological polar surface area (TPSA) is 90.6 Å². The number of hydrazine groups is 1. The molecule has 6 heteroatoms. The van der Waals surface area contributed by atoms with Crippen molar-refractivity contribution in [1.82, 2.24) is 5.43 Å². The van der Waals surface area contributed by atoms with Crippen LogP contribution in [0.15, 0.2) is 11.8 Å². The highest BCUT2D eigenvalue weighted by Crippen LogP contribution is 1.91. The zero-order chi connectivity index (χ0) is 9.56. The summed E-state index contributed by atoms with van der Waals surface area (Å²) in [4.78, 5) is 21.4. The molecule has 12 heavy (non-hydrogen) atoms. The van der Waals surface area contributed by atoms with Crippen LogP contribution in [0.5, 0.6) is 0 Å². The highest BCUT2D eigenvalue weighted by Gasteiger charge is 2.09. The highest BCUT2D eigenvalue weighted by molar-refractivity contribution is 5.95. The first-order valence-corrected chi connectivity index (χ1v) is 3.00. The van der Waals surface area contributed by atoms with Gasteiger partial charge in [-0.1, -0.05) is 0 Å². The standard InChI is InChI=1S/C6H10N2O4/c1-11-5(9)3-4(8-7)6(10)12-2/h3,8H,7H2,1-2H3. The Balaban J connectivity index is 4.43. The Morgan fingerprint density at radius 3 is 2.25 bits per heavy atom. The average molecular weight is 174 g/mol. The number of esters is 2. The molecule has 0 amide bonds. The van der Waals surface area contributed by atoms with E-state index >= 15 is 0 Å². The van der Waals surface area contributed by atoms with Crippen molar-refractivity contribution in [2.24, 2.45) is 5.84 Å². The van der Waals surface area contributed by atoms with E-state index < -0.39 is 11.9 Å². The van der Waals surface area contributed by atoms with Gasteiger partial charge in [-0.25, -0.2) is 9.59 Å². The fraction of sp³-hybridized carbons (Fsp3) is 0.333. The van der Waals surface area contributed by atoms with E-state index in [1.807, 2.05) is 5.43 Å². The lowest BCUT2D eigenvalue weighted by Gasteiger charge is -2.02. The summed E-state index contributed by atoms with van der Waals surface area (Å²) in [5, 5.41) is 0. The van der Waals surface area contributed by atoms with Crippen molar-refractivity contribution in [1.29, 1.82) is 0 Å². The molecule has 6 nitrogen and oxygen atoms in total. The first-order chi connectivity index (χ1) is 5.65. The summed E-state index contributed by atoms with van der Waals surface area (Å²) in [6.45, 7) is 0. The molecule has 0 radical (unpaired) electrons. The lowest BCUT2D eigenvalue weighted by atomic mass is 10.4. The molecule has 0 aromatic heterocycles. The van der Waals surface area contributed by atoms with Crippen molar-refractivity contribution in [3.63, 3.8) is 0 Å². The zero-order valence-corrected chi connectivity index (χ0v) is 6.79. The normalized spacial score (nSPS) is 10.4. The van der Waals surface area contributed by atoms with Gasteiger partial charge < -0.3 is 14.9 Å². The molecule has 0 saturated carbocycles. The predicted octanol–water partition coefficient (Wildman–Crippen LogP) is -1.32. The Kier molecular flexibility index (Phi) is 4.47. The van der Waals surface area contributed by atoms with Crippen LogP contribution in [0.4, 0.5) is 0 Å². The molecule has 0 aliphatic rings. The summed E-state index contributed by atoms with van der Waals surface area (Å²) < 4.78 is 8.55. The Morgan fingerprint density at radius 1 is 1.33 bits per heavy atom. The highest BCUT2D eigenvalue weighted by atomic mass is 16.5. The Hall–Kier alpha value is -1.56. The number of hydrogen-bond donors (Lipinski definition) is 2. The summed E-state index contributed by atoms with van der Waals surface area (Å²) in [5.74, 6) is 3.51. The fourth-order valence-corrected chi connectivity index (χ4v) is 0.446. The van der Waals surface area contributed by atoms with Crippen LogP contribution in [0.2, 0.25) is 0 Å². The van der Waals surface area contributed by atoms with Gasteiger partial charge in [0.25, 0.3) is 0 Å². The van der Waals surface area contributed by atoms with Crippen molar-refractivity contribution in [3.8, 4) is 0 Å². The van der Waals surface area contributed by atoms with E-state index in [9.17, 15) is 9.59 Å². The van der Waals surface area contributed by atoms with E-state index in [1.165, 1.54) is 14.2 Å². The van der Waals surface area contributed by atoms with E-state index in [1.54, 1.807) is 0 Å². The monoisotopic (exact) mass is 174 g/mol. The maximum Gasteiger partial charge on any atom is 0.355 e. The maximum atomic E-state index is 10.8. The molecule has 0 aliphatic heterocycles. The molecule has 0 rings (SSSR count). The third-order valence-corrected chi connectivity index (χ3v) is 1.02. The van der Waals surface area contributed by atoms with Crippen LogP contribution in [0.3, 0.4) is 0 Å². The number of ether oxygens (including phenoxy) is 2. The Labute approximate surface area is 69.3 Å². The number of nitrogens with two attached hydrogens (primary N) is 1. The summed E-state index contributed by atoms with van der Waals surface area (Å²) in [6, 6.07) is 0. The smallest absolute Gasteiger partial charge is 0.355 e. The summed E-state index contributed by atoms with van der Waals surface area (Å²) in [6.07, 6.45) is 0.895. The molecule has 0 bridgehead atoms. The molecular formula is C6H10N2O4. The van der Waals surface area contributed by atoms with Crippen molar-refractivity contribution in [2.75, 3.05) is 14.2 Å². The van der Waals surface area contributed by atoms with Crippen LogP contribution in [-0.2, 0) is 19.1 Å². The van der Waals surface area contributed by atoms with Gasteiger partial charge in [-0.2, -0.15) is 0 Å². The number of rotatable bonds is 3. The molecule has 0 atom stereocenters. The van der Waals surface area contributed by atoms with Crippen LogP contribution in [0.25, 0.3) is 0 Å². The number of carbonyl (C=O) groups is 2. The van der Waals surface area contributed by atoms with Crippen molar-refractivity contribution in [3.05, 3.63) is 11.8 Å². The number of methoxy groups -OCH3 is 2. The van der Waals surface area contributed by atoms with E-state index in [0.29, 0.717) is 0 Å². The average Bonchev–Trinajstić information content (AvgIpc) is 2.12. The number of hydrogen-bond acceptors (Lipinski definition) is 6. The van der Waals surface area contributed by atoms with Gasteiger partial charge in [-0.3, -0.25) is 5.84 Å². The summed E-state index contributed by atoms with van der Waals surface area (Å²) >= 11 is 0. The van der Waals surface area contributed by atoms with E-state index in [2.05, 4.69) is 9.47 Å². The first-order valence-electron chi connectivity index (χ1n) is 3.00.